The van der Waals surface area contributed by atoms with Gasteiger partial charge in [0, 0.05) is 17.9 Å². The van der Waals surface area contributed by atoms with Crippen molar-refractivity contribution in [3.8, 4) is 6.07 Å². The number of rotatable bonds is 4. The van der Waals surface area contributed by atoms with Crippen LogP contribution in [0.5, 0.6) is 0 Å². The first-order valence-electron chi connectivity index (χ1n) is 7.54. The molecule has 1 aliphatic rings. The number of Topliss-reactive ketones (excluding diaryl/α,β-unsaturated/α-hetero) is 1. The fourth-order valence-corrected chi connectivity index (χ4v) is 3.36. The number of nitriles is 1. The van der Waals surface area contributed by atoms with Crippen LogP contribution in [0, 0.1) is 17.1 Å². The van der Waals surface area contributed by atoms with Crippen LogP contribution in [0.15, 0.2) is 18.2 Å². The van der Waals surface area contributed by atoms with Gasteiger partial charge in [-0.15, -0.1) is 0 Å². The Kier molecular flexibility index (Phi) is 4.49. The van der Waals surface area contributed by atoms with Gasteiger partial charge in [0.1, 0.15) is 17.6 Å². The van der Waals surface area contributed by atoms with Crippen LogP contribution in [0.25, 0.3) is 0 Å². The molecule has 1 aliphatic heterocycles. The predicted molar refractivity (Wildman–Crippen MR) is 88.8 cm³/mol. The predicted octanol–water partition coefficient (Wildman–Crippen LogP) is 2.62. The van der Waals surface area contributed by atoms with Crippen molar-refractivity contribution in [3.05, 3.63) is 51.6 Å². The molecule has 9 heteroatoms. The van der Waals surface area contributed by atoms with E-state index in [0.717, 1.165) is 6.07 Å². The van der Waals surface area contributed by atoms with E-state index in [1.807, 2.05) is 0 Å². The Morgan fingerprint density at radius 2 is 2.08 bits per heavy atom. The SMILES string of the molecule is N#Cc1cc(NC(=O)c2c(Cl)c(C(=O)C(=O)O)n3c2CCC3)ccc1F. The van der Waals surface area contributed by atoms with Gasteiger partial charge in [-0.05, 0) is 31.0 Å². The van der Waals surface area contributed by atoms with Crippen LogP contribution in [0.3, 0.4) is 0 Å². The van der Waals surface area contributed by atoms with E-state index in [4.69, 9.17) is 22.0 Å². The van der Waals surface area contributed by atoms with E-state index >= 15 is 0 Å². The zero-order chi connectivity index (χ0) is 19.0. The molecule has 0 saturated carbocycles. The third-order valence-corrected chi connectivity index (χ3v) is 4.46. The number of amides is 1. The minimum absolute atomic E-state index is 0.0107. The number of aliphatic carboxylic acids is 1. The highest BCUT2D eigenvalue weighted by atomic mass is 35.5. The first-order chi connectivity index (χ1) is 12.3. The summed E-state index contributed by atoms with van der Waals surface area (Å²) in [5, 5.41) is 20.1. The summed E-state index contributed by atoms with van der Waals surface area (Å²) in [7, 11) is 0. The van der Waals surface area contributed by atoms with Crippen molar-refractivity contribution in [1.29, 1.82) is 5.26 Å². The number of fused-ring (bicyclic) bond motifs is 1. The molecule has 1 aromatic carbocycles. The van der Waals surface area contributed by atoms with Gasteiger partial charge in [-0.3, -0.25) is 9.59 Å². The molecule has 132 valence electrons. The van der Waals surface area contributed by atoms with Crippen molar-refractivity contribution in [3.63, 3.8) is 0 Å². The summed E-state index contributed by atoms with van der Waals surface area (Å²) < 4.78 is 14.8. The summed E-state index contributed by atoms with van der Waals surface area (Å²) in [4.78, 5) is 35.6. The van der Waals surface area contributed by atoms with E-state index < -0.39 is 23.5 Å². The van der Waals surface area contributed by atoms with Crippen molar-refractivity contribution < 1.29 is 23.9 Å². The summed E-state index contributed by atoms with van der Waals surface area (Å²) in [5.41, 5.74) is 0.191. The summed E-state index contributed by atoms with van der Waals surface area (Å²) in [5.74, 6) is -4.24. The number of anilines is 1. The first-order valence-corrected chi connectivity index (χ1v) is 7.92. The molecule has 2 aromatic rings. The molecule has 0 radical (unpaired) electrons. The number of nitrogens with zero attached hydrogens (tertiary/aromatic N) is 2. The maximum Gasteiger partial charge on any atom is 0.378 e. The molecule has 0 spiro atoms. The zero-order valence-electron chi connectivity index (χ0n) is 13.2. The number of carbonyl (C=O) groups excluding carboxylic acids is 2. The molecular weight excluding hydrogens is 365 g/mol. The van der Waals surface area contributed by atoms with Crippen molar-refractivity contribution in [1.82, 2.24) is 4.57 Å². The van der Waals surface area contributed by atoms with Crippen LogP contribution in [0.2, 0.25) is 5.02 Å². The Morgan fingerprint density at radius 3 is 2.73 bits per heavy atom. The number of halogens is 2. The number of hydrogen-bond donors (Lipinski definition) is 2. The smallest absolute Gasteiger partial charge is 0.378 e. The molecule has 0 fully saturated rings. The van der Waals surface area contributed by atoms with Crippen molar-refractivity contribution in [2.45, 2.75) is 19.4 Å². The van der Waals surface area contributed by atoms with Crippen LogP contribution < -0.4 is 5.32 Å². The van der Waals surface area contributed by atoms with Gasteiger partial charge < -0.3 is 15.0 Å². The lowest BCUT2D eigenvalue weighted by Crippen LogP contribution is -2.17. The molecule has 0 bridgehead atoms. The van der Waals surface area contributed by atoms with Crippen LogP contribution >= 0.6 is 11.6 Å². The summed E-state index contributed by atoms with van der Waals surface area (Å²) in [6, 6.07) is 5.15. The number of carboxylic acids is 1. The largest absolute Gasteiger partial charge is 0.475 e. The maximum absolute atomic E-state index is 13.4. The highest BCUT2D eigenvalue weighted by Gasteiger charge is 2.34. The fraction of sp³-hybridized carbons (Fsp3) is 0.176. The number of ketones is 1. The summed E-state index contributed by atoms with van der Waals surface area (Å²) in [6.07, 6.45) is 1.10. The first kappa shape index (κ1) is 17.6. The van der Waals surface area contributed by atoms with Gasteiger partial charge in [0.25, 0.3) is 11.7 Å². The highest BCUT2D eigenvalue weighted by molar-refractivity contribution is 6.46. The Hall–Kier alpha value is -3.18. The lowest BCUT2D eigenvalue weighted by Gasteiger charge is -2.07. The summed E-state index contributed by atoms with van der Waals surface area (Å²) in [6.45, 7) is 0.381. The molecule has 2 N–H and O–H groups in total. The second-order valence-electron chi connectivity index (χ2n) is 5.63. The quantitative estimate of drug-likeness (QED) is 0.630. The van der Waals surface area contributed by atoms with Crippen molar-refractivity contribution >= 4 is 34.9 Å². The number of hydrogen-bond acceptors (Lipinski definition) is 4. The molecule has 2 heterocycles. The minimum Gasteiger partial charge on any atom is -0.475 e. The molecular formula is C17H11ClFN3O4. The van der Waals surface area contributed by atoms with Gasteiger partial charge in [-0.25, -0.2) is 9.18 Å². The number of nitrogens with one attached hydrogen (secondary N) is 1. The highest BCUT2D eigenvalue weighted by Crippen LogP contribution is 2.34. The normalized spacial score (nSPS) is 12.3. The van der Waals surface area contributed by atoms with Gasteiger partial charge in [-0.2, -0.15) is 5.26 Å². The van der Waals surface area contributed by atoms with Gasteiger partial charge in [0.05, 0.1) is 16.1 Å². The van der Waals surface area contributed by atoms with Gasteiger partial charge in [-0.1, -0.05) is 11.6 Å². The Morgan fingerprint density at radius 1 is 1.35 bits per heavy atom. The van der Waals surface area contributed by atoms with Crippen LogP contribution in [-0.4, -0.2) is 27.3 Å². The average molecular weight is 376 g/mol. The molecule has 1 aromatic heterocycles. The average Bonchev–Trinajstić information content (AvgIpc) is 3.15. The topological polar surface area (TPSA) is 112 Å². The van der Waals surface area contributed by atoms with E-state index in [2.05, 4.69) is 5.32 Å². The lowest BCUT2D eigenvalue weighted by atomic mass is 10.1. The number of benzene rings is 1. The minimum atomic E-state index is -1.66. The van der Waals surface area contributed by atoms with E-state index in [1.165, 1.54) is 16.7 Å². The van der Waals surface area contributed by atoms with Crippen LogP contribution in [-0.2, 0) is 17.8 Å². The lowest BCUT2D eigenvalue weighted by molar-refractivity contribution is -0.131. The summed E-state index contributed by atoms with van der Waals surface area (Å²) >= 11 is 6.15. The molecule has 0 aliphatic carbocycles. The zero-order valence-corrected chi connectivity index (χ0v) is 13.9. The van der Waals surface area contributed by atoms with E-state index in [0.29, 0.717) is 25.1 Å². The molecule has 0 saturated heterocycles. The van der Waals surface area contributed by atoms with E-state index in [1.54, 1.807) is 6.07 Å². The maximum atomic E-state index is 13.4. The van der Waals surface area contributed by atoms with Gasteiger partial charge >= 0.3 is 5.97 Å². The monoisotopic (exact) mass is 375 g/mol. The van der Waals surface area contributed by atoms with Crippen molar-refractivity contribution in [2.24, 2.45) is 0 Å². The second-order valence-corrected chi connectivity index (χ2v) is 6.01. The fourth-order valence-electron chi connectivity index (χ4n) is 2.98. The standard InChI is InChI=1S/C17H11ClFN3O4/c18-13-12(11-2-1-5-22(11)14(13)15(23)17(25)26)16(24)21-9-3-4-10(19)8(6-9)7-20/h3-4,6H,1-2,5H2,(H,21,24)(H,25,26). The Balaban J connectivity index is 2.01. The van der Waals surface area contributed by atoms with E-state index in [9.17, 15) is 18.8 Å². The Labute approximate surface area is 151 Å². The van der Waals surface area contributed by atoms with E-state index in [-0.39, 0.29) is 27.5 Å². The number of carbonyl (C=O) groups is 3. The molecule has 1 amide bonds. The number of aromatic nitrogens is 1. The molecule has 3 rings (SSSR count). The van der Waals surface area contributed by atoms with Crippen LogP contribution in [0.1, 0.15) is 38.5 Å². The Bertz CT molecular complexity index is 1010. The number of carboxylic acid groups (broad SMARTS) is 1. The van der Waals surface area contributed by atoms with Crippen molar-refractivity contribution in [2.75, 3.05) is 5.32 Å². The molecule has 0 unspecified atom stereocenters. The van der Waals surface area contributed by atoms with Gasteiger partial charge in [0.15, 0.2) is 0 Å². The molecule has 26 heavy (non-hydrogen) atoms. The second kappa shape index (κ2) is 6.61. The van der Waals surface area contributed by atoms with Crippen LogP contribution in [0.4, 0.5) is 10.1 Å². The third kappa shape index (κ3) is 2.82. The third-order valence-electron chi connectivity index (χ3n) is 4.09. The molecule has 0 atom stereocenters. The van der Waals surface area contributed by atoms with Gasteiger partial charge in [0.2, 0.25) is 0 Å². The molecule has 7 nitrogen and oxygen atoms in total.